The van der Waals surface area contributed by atoms with Gasteiger partial charge in [0, 0.05) is 32.7 Å². The first kappa shape index (κ1) is 13.9. The number of hydrogen-bond acceptors (Lipinski definition) is 4. The molecule has 0 aromatic carbocycles. The molecule has 1 aromatic heterocycles. The van der Waals surface area contributed by atoms with Gasteiger partial charge in [-0.2, -0.15) is 5.10 Å². The highest BCUT2D eigenvalue weighted by Crippen LogP contribution is 2.23. The maximum atomic E-state index is 12.6. The van der Waals surface area contributed by atoms with Crippen molar-refractivity contribution in [2.45, 2.75) is 26.8 Å². The minimum absolute atomic E-state index is 0.0152. The molecule has 0 aliphatic carbocycles. The van der Waals surface area contributed by atoms with Crippen LogP contribution in [0.25, 0.3) is 0 Å². The van der Waals surface area contributed by atoms with Gasteiger partial charge in [0.15, 0.2) is 0 Å². The lowest BCUT2D eigenvalue weighted by atomic mass is 10.1. The smallest absolute Gasteiger partial charge is 0.274 e. The van der Waals surface area contributed by atoms with E-state index in [4.69, 9.17) is 10.5 Å². The van der Waals surface area contributed by atoms with Crippen LogP contribution in [0.2, 0.25) is 0 Å². The number of carbonyl (C=O) groups is 1. The number of likely N-dealkylation sites (tertiary alicyclic amines) is 1. The number of ether oxygens (including phenoxy) is 1. The van der Waals surface area contributed by atoms with Crippen LogP contribution >= 0.6 is 0 Å². The number of aromatic nitrogens is 2. The number of hydrogen-bond donors (Lipinski definition) is 1. The van der Waals surface area contributed by atoms with Gasteiger partial charge in [-0.3, -0.25) is 9.48 Å². The summed E-state index contributed by atoms with van der Waals surface area (Å²) in [5.74, 6) is 0.410. The molecule has 2 heterocycles. The van der Waals surface area contributed by atoms with E-state index in [1.165, 1.54) is 0 Å². The molecule has 1 atom stereocenters. The van der Waals surface area contributed by atoms with Gasteiger partial charge in [0.2, 0.25) is 0 Å². The quantitative estimate of drug-likeness (QED) is 0.879. The molecular weight excluding hydrogens is 244 g/mol. The second kappa shape index (κ2) is 5.61. The number of anilines is 1. The minimum atomic E-state index is -0.0152. The molecule has 19 heavy (non-hydrogen) atoms. The van der Waals surface area contributed by atoms with Crippen molar-refractivity contribution in [1.82, 2.24) is 14.7 Å². The molecule has 1 fully saturated rings. The number of rotatable bonds is 4. The standard InChI is InChI=1S/C13H22N4O2/c1-4-17-12(11(14)9(2)15-17)13(18)16-6-5-10(7-16)8-19-3/h10H,4-8,14H2,1-3H3. The van der Waals surface area contributed by atoms with Crippen LogP contribution in [0.5, 0.6) is 0 Å². The maximum absolute atomic E-state index is 12.6. The zero-order valence-corrected chi connectivity index (χ0v) is 11.8. The summed E-state index contributed by atoms with van der Waals surface area (Å²) in [6, 6.07) is 0. The van der Waals surface area contributed by atoms with Crippen LogP contribution in [0.3, 0.4) is 0 Å². The molecule has 6 heteroatoms. The third kappa shape index (κ3) is 2.58. The maximum Gasteiger partial charge on any atom is 0.274 e. The molecule has 1 aromatic rings. The third-order valence-electron chi connectivity index (χ3n) is 3.65. The summed E-state index contributed by atoms with van der Waals surface area (Å²) in [5, 5.41) is 4.30. The predicted octanol–water partition coefficient (Wildman–Crippen LogP) is 0.902. The Hall–Kier alpha value is -1.56. The van der Waals surface area contributed by atoms with Crippen molar-refractivity contribution in [1.29, 1.82) is 0 Å². The average molecular weight is 266 g/mol. The lowest BCUT2D eigenvalue weighted by Gasteiger charge is -2.17. The molecule has 0 spiro atoms. The molecule has 0 radical (unpaired) electrons. The number of nitrogens with zero attached hydrogens (tertiary/aromatic N) is 3. The molecule has 2 rings (SSSR count). The summed E-state index contributed by atoms with van der Waals surface area (Å²) < 4.78 is 6.84. The van der Waals surface area contributed by atoms with Crippen LogP contribution in [-0.2, 0) is 11.3 Å². The average Bonchev–Trinajstić information content (AvgIpc) is 2.96. The summed E-state index contributed by atoms with van der Waals surface area (Å²) in [4.78, 5) is 14.4. The van der Waals surface area contributed by atoms with Gasteiger partial charge in [0.25, 0.3) is 5.91 Å². The van der Waals surface area contributed by atoms with Crippen LogP contribution in [0, 0.1) is 12.8 Å². The van der Waals surface area contributed by atoms with E-state index in [0.29, 0.717) is 30.5 Å². The normalized spacial score (nSPS) is 19.1. The lowest BCUT2D eigenvalue weighted by molar-refractivity contribution is 0.0764. The Balaban J connectivity index is 2.17. The van der Waals surface area contributed by atoms with E-state index < -0.39 is 0 Å². The molecule has 1 aliphatic rings. The van der Waals surface area contributed by atoms with Gasteiger partial charge in [-0.15, -0.1) is 0 Å². The van der Waals surface area contributed by atoms with E-state index in [-0.39, 0.29) is 5.91 Å². The highest BCUT2D eigenvalue weighted by Gasteiger charge is 2.30. The fourth-order valence-electron chi connectivity index (χ4n) is 2.59. The van der Waals surface area contributed by atoms with Gasteiger partial charge in [0.05, 0.1) is 18.0 Å². The first-order valence-electron chi connectivity index (χ1n) is 6.69. The predicted molar refractivity (Wildman–Crippen MR) is 72.9 cm³/mol. The number of nitrogen functional groups attached to an aromatic ring is 1. The van der Waals surface area contributed by atoms with E-state index in [1.54, 1.807) is 11.8 Å². The Morgan fingerprint density at radius 1 is 1.58 bits per heavy atom. The molecule has 1 aliphatic heterocycles. The zero-order valence-electron chi connectivity index (χ0n) is 11.8. The fraction of sp³-hybridized carbons (Fsp3) is 0.692. The van der Waals surface area contributed by atoms with Crippen molar-refractivity contribution in [3.63, 3.8) is 0 Å². The van der Waals surface area contributed by atoms with Gasteiger partial charge < -0.3 is 15.4 Å². The second-order valence-corrected chi connectivity index (χ2v) is 5.02. The number of aryl methyl sites for hydroxylation is 2. The first-order valence-corrected chi connectivity index (χ1v) is 6.69. The van der Waals surface area contributed by atoms with Crippen molar-refractivity contribution in [2.75, 3.05) is 32.5 Å². The lowest BCUT2D eigenvalue weighted by Crippen LogP contribution is -2.31. The first-order chi connectivity index (χ1) is 9.08. The Kier molecular flexibility index (Phi) is 4.09. The Morgan fingerprint density at radius 2 is 2.32 bits per heavy atom. The summed E-state index contributed by atoms with van der Waals surface area (Å²) >= 11 is 0. The van der Waals surface area contributed by atoms with Crippen molar-refractivity contribution in [2.24, 2.45) is 5.92 Å². The molecule has 1 unspecified atom stereocenters. The fourth-order valence-corrected chi connectivity index (χ4v) is 2.59. The van der Waals surface area contributed by atoms with Crippen molar-refractivity contribution in [3.05, 3.63) is 11.4 Å². The third-order valence-corrected chi connectivity index (χ3v) is 3.65. The Bertz CT molecular complexity index is 469. The van der Waals surface area contributed by atoms with Crippen LogP contribution < -0.4 is 5.73 Å². The van der Waals surface area contributed by atoms with E-state index in [9.17, 15) is 4.79 Å². The minimum Gasteiger partial charge on any atom is -0.395 e. The Morgan fingerprint density at radius 3 is 2.95 bits per heavy atom. The molecule has 1 amide bonds. The molecule has 2 N–H and O–H groups in total. The number of methoxy groups -OCH3 is 1. The largest absolute Gasteiger partial charge is 0.395 e. The number of nitrogens with two attached hydrogens (primary N) is 1. The summed E-state index contributed by atoms with van der Waals surface area (Å²) in [6.45, 7) is 6.64. The monoisotopic (exact) mass is 266 g/mol. The summed E-state index contributed by atoms with van der Waals surface area (Å²) in [6.07, 6.45) is 0.985. The molecule has 106 valence electrons. The molecule has 6 nitrogen and oxygen atoms in total. The highest BCUT2D eigenvalue weighted by atomic mass is 16.5. The summed E-state index contributed by atoms with van der Waals surface area (Å²) in [5.41, 5.74) is 7.73. The van der Waals surface area contributed by atoms with E-state index >= 15 is 0 Å². The molecule has 0 bridgehead atoms. The number of carbonyl (C=O) groups excluding carboxylic acids is 1. The van der Waals surface area contributed by atoms with Crippen molar-refractivity contribution >= 4 is 11.6 Å². The van der Waals surface area contributed by atoms with E-state index in [2.05, 4.69) is 5.10 Å². The van der Waals surface area contributed by atoms with Crippen LogP contribution in [0.15, 0.2) is 0 Å². The topological polar surface area (TPSA) is 73.4 Å². The summed E-state index contributed by atoms with van der Waals surface area (Å²) in [7, 11) is 1.69. The SMILES string of the molecule is CCn1nc(C)c(N)c1C(=O)N1CCC(COC)C1. The van der Waals surface area contributed by atoms with Gasteiger partial charge in [0.1, 0.15) is 5.69 Å². The van der Waals surface area contributed by atoms with Gasteiger partial charge in [-0.1, -0.05) is 0 Å². The zero-order chi connectivity index (χ0) is 14.0. The number of amides is 1. The highest BCUT2D eigenvalue weighted by molar-refractivity contribution is 5.98. The van der Waals surface area contributed by atoms with Crippen LogP contribution in [-0.4, -0.2) is 47.4 Å². The van der Waals surface area contributed by atoms with Crippen LogP contribution in [0.4, 0.5) is 5.69 Å². The molecule has 1 saturated heterocycles. The van der Waals surface area contributed by atoms with Gasteiger partial charge in [-0.25, -0.2) is 0 Å². The van der Waals surface area contributed by atoms with Gasteiger partial charge in [-0.05, 0) is 20.3 Å². The molecule has 0 saturated carbocycles. The van der Waals surface area contributed by atoms with Crippen molar-refractivity contribution in [3.8, 4) is 0 Å². The van der Waals surface area contributed by atoms with Crippen LogP contribution in [0.1, 0.15) is 29.5 Å². The second-order valence-electron chi connectivity index (χ2n) is 5.02. The van der Waals surface area contributed by atoms with E-state index in [1.807, 2.05) is 18.7 Å². The molecular formula is C13H22N4O2. The van der Waals surface area contributed by atoms with Gasteiger partial charge >= 0.3 is 0 Å². The van der Waals surface area contributed by atoms with Crippen molar-refractivity contribution < 1.29 is 9.53 Å². The Labute approximate surface area is 113 Å². The van der Waals surface area contributed by atoms with E-state index in [0.717, 1.165) is 25.2 Å².